The first-order chi connectivity index (χ1) is 23.1. The second-order valence-corrected chi connectivity index (χ2v) is 11.3. The van der Waals surface area contributed by atoms with Crippen molar-refractivity contribution < 1.29 is 0 Å². The highest BCUT2D eigenvalue weighted by atomic mass is 14.8. The van der Waals surface area contributed by atoms with Crippen LogP contribution in [0.5, 0.6) is 0 Å². The molecule has 228 valence electrons. The summed E-state index contributed by atoms with van der Waals surface area (Å²) < 4.78 is 0. The normalized spacial score (nSPS) is 13.1. The lowest BCUT2D eigenvalue weighted by Crippen LogP contribution is -1.90. The molecule has 0 N–H and O–H groups in total. The molecule has 3 heteroatoms. The quantitative estimate of drug-likeness (QED) is 0.148. The van der Waals surface area contributed by atoms with Crippen LogP contribution < -0.4 is 0 Å². The summed E-state index contributed by atoms with van der Waals surface area (Å²) in [6.07, 6.45) is 22.2. The van der Waals surface area contributed by atoms with E-state index in [4.69, 9.17) is 0 Å². The van der Waals surface area contributed by atoms with Gasteiger partial charge in [0.15, 0.2) is 0 Å². The van der Waals surface area contributed by atoms with Gasteiger partial charge in [-0.05, 0) is 92.1 Å². The van der Waals surface area contributed by atoms with Crippen LogP contribution in [0.2, 0.25) is 0 Å². The van der Waals surface area contributed by atoms with Gasteiger partial charge in [-0.2, -0.15) is 0 Å². The standard InChI is InChI=1S/C31H19N3.C10H12.C3H6/c1-2-24(16-32-15-1)27-12-10-23-8-7-22-9-11-26(28-13-14-29(27)31(23)30(22)28)21-5-3-20(4-6-21)25-17-33-19-34-18-25;1-3-9-5-7-10(4-2)8-6-9;1-3-2/h1-19H;3-7H,1,8H2,2H3;3H,1H2,2H3/b;10-4-;. The molecule has 0 aliphatic heterocycles. The first kappa shape index (κ1) is 31.1. The Bertz CT molecular complexity index is 2240. The van der Waals surface area contributed by atoms with E-state index < -0.39 is 0 Å². The van der Waals surface area contributed by atoms with Crippen molar-refractivity contribution in [1.82, 2.24) is 15.0 Å². The minimum absolute atomic E-state index is 1.02. The van der Waals surface area contributed by atoms with Crippen molar-refractivity contribution in [1.29, 1.82) is 0 Å². The van der Waals surface area contributed by atoms with E-state index in [2.05, 4.69) is 138 Å². The molecule has 0 unspecified atom stereocenters. The van der Waals surface area contributed by atoms with Gasteiger partial charge in [0.2, 0.25) is 0 Å². The van der Waals surface area contributed by atoms with Gasteiger partial charge in [0.05, 0.1) is 0 Å². The van der Waals surface area contributed by atoms with Gasteiger partial charge in [0.1, 0.15) is 6.33 Å². The van der Waals surface area contributed by atoms with E-state index in [0.717, 1.165) is 23.1 Å². The maximum atomic E-state index is 4.35. The van der Waals surface area contributed by atoms with E-state index >= 15 is 0 Å². The second kappa shape index (κ2) is 14.4. The van der Waals surface area contributed by atoms with Crippen LogP contribution in [0.25, 0.3) is 65.7 Å². The third-order valence-electron chi connectivity index (χ3n) is 8.40. The van der Waals surface area contributed by atoms with Gasteiger partial charge in [0.25, 0.3) is 0 Å². The Kier molecular flexibility index (Phi) is 9.55. The lowest BCUT2D eigenvalue weighted by molar-refractivity contribution is 1.17. The molecule has 3 nitrogen and oxygen atoms in total. The number of aromatic nitrogens is 3. The molecule has 0 saturated heterocycles. The number of benzene rings is 5. The van der Waals surface area contributed by atoms with Gasteiger partial charge in [-0.1, -0.05) is 122 Å². The summed E-state index contributed by atoms with van der Waals surface area (Å²) in [6.45, 7) is 11.0. The van der Waals surface area contributed by atoms with E-state index in [1.807, 2.05) is 43.9 Å². The van der Waals surface area contributed by atoms with Crippen molar-refractivity contribution in [3.63, 3.8) is 0 Å². The molecule has 0 atom stereocenters. The summed E-state index contributed by atoms with van der Waals surface area (Å²) in [7, 11) is 0. The molecule has 7 aromatic rings. The number of hydrogen-bond donors (Lipinski definition) is 0. The average molecular weight is 608 g/mol. The Morgan fingerprint density at radius 1 is 0.596 bits per heavy atom. The van der Waals surface area contributed by atoms with E-state index in [0.29, 0.717) is 0 Å². The number of hydrogen-bond acceptors (Lipinski definition) is 3. The molecular formula is C44H37N3. The predicted molar refractivity (Wildman–Crippen MR) is 202 cm³/mol. The zero-order valence-corrected chi connectivity index (χ0v) is 26.9. The molecule has 0 radical (unpaired) electrons. The Morgan fingerprint density at radius 2 is 1.17 bits per heavy atom. The summed E-state index contributed by atoms with van der Waals surface area (Å²) in [5.41, 5.74) is 9.54. The molecule has 0 fully saturated rings. The van der Waals surface area contributed by atoms with Crippen LogP contribution in [0.3, 0.4) is 0 Å². The number of nitrogens with zero attached hydrogens (tertiary/aromatic N) is 3. The lowest BCUT2D eigenvalue weighted by atomic mass is 9.87. The first-order valence-corrected chi connectivity index (χ1v) is 15.8. The minimum Gasteiger partial charge on any atom is -0.264 e. The van der Waals surface area contributed by atoms with Crippen LogP contribution in [0.15, 0.2) is 177 Å². The monoisotopic (exact) mass is 607 g/mol. The molecule has 5 aromatic carbocycles. The van der Waals surface area contributed by atoms with Crippen LogP contribution in [0.4, 0.5) is 0 Å². The highest BCUT2D eigenvalue weighted by Gasteiger charge is 2.15. The van der Waals surface area contributed by atoms with Crippen LogP contribution in [0.1, 0.15) is 20.3 Å². The van der Waals surface area contributed by atoms with Gasteiger partial charge >= 0.3 is 0 Å². The third kappa shape index (κ3) is 6.56. The molecule has 8 rings (SSSR count). The van der Waals surface area contributed by atoms with Gasteiger partial charge < -0.3 is 0 Å². The summed E-state index contributed by atoms with van der Waals surface area (Å²) >= 11 is 0. The average Bonchev–Trinajstić information content (AvgIpc) is 3.15. The SMILES string of the molecule is C=CC.C=CC1=CC/C(=C\C)C=C1.c1cncc(-c2ccc3ccc4ccc(-c5ccc(-c6cncnc6)cc5)c5ccc2c3c45)c1. The number of allylic oxidation sites excluding steroid dienone is 8. The molecule has 0 amide bonds. The molecule has 0 spiro atoms. The summed E-state index contributed by atoms with van der Waals surface area (Å²) in [5, 5.41) is 7.69. The van der Waals surface area contributed by atoms with Crippen LogP contribution in [0, 0.1) is 0 Å². The fourth-order valence-corrected chi connectivity index (χ4v) is 6.06. The number of pyridine rings is 1. The maximum Gasteiger partial charge on any atom is 0.115 e. The van der Waals surface area contributed by atoms with Crippen molar-refractivity contribution >= 4 is 32.3 Å². The van der Waals surface area contributed by atoms with Gasteiger partial charge in [-0.15, -0.1) is 6.58 Å². The van der Waals surface area contributed by atoms with Crippen molar-refractivity contribution in [3.05, 3.63) is 177 Å². The van der Waals surface area contributed by atoms with Crippen molar-refractivity contribution in [3.8, 4) is 33.4 Å². The van der Waals surface area contributed by atoms with E-state index in [-0.39, 0.29) is 0 Å². The zero-order valence-electron chi connectivity index (χ0n) is 26.9. The van der Waals surface area contributed by atoms with Crippen molar-refractivity contribution in [2.45, 2.75) is 20.3 Å². The Morgan fingerprint density at radius 3 is 1.70 bits per heavy atom. The molecule has 0 saturated carbocycles. The molecule has 2 heterocycles. The topological polar surface area (TPSA) is 38.7 Å². The fraction of sp³-hybridized carbons (Fsp3) is 0.0682. The van der Waals surface area contributed by atoms with Gasteiger partial charge in [-0.25, -0.2) is 9.97 Å². The van der Waals surface area contributed by atoms with Crippen LogP contribution in [-0.2, 0) is 0 Å². The van der Waals surface area contributed by atoms with Crippen molar-refractivity contribution in [2.24, 2.45) is 0 Å². The summed E-state index contributed by atoms with van der Waals surface area (Å²) in [4.78, 5) is 12.6. The van der Waals surface area contributed by atoms with Crippen LogP contribution in [-0.4, -0.2) is 15.0 Å². The Hall–Kier alpha value is -5.93. The number of rotatable bonds is 4. The molecule has 0 bridgehead atoms. The Balaban J connectivity index is 0.000000252. The van der Waals surface area contributed by atoms with Crippen LogP contribution >= 0.6 is 0 Å². The predicted octanol–water partition coefficient (Wildman–Crippen LogP) is 12.0. The molecular weight excluding hydrogens is 571 g/mol. The fourth-order valence-electron chi connectivity index (χ4n) is 6.06. The third-order valence-corrected chi connectivity index (χ3v) is 8.40. The largest absolute Gasteiger partial charge is 0.264 e. The lowest BCUT2D eigenvalue weighted by Gasteiger charge is -2.16. The second-order valence-electron chi connectivity index (χ2n) is 11.3. The highest BCUT2D eigenvalue weighted by Crippen LogP contribution is 2.42. The highest BCUT2D eigenvalue weighted by molar-refractivity contribution is 6.27. The molecule has 1 aliphatic rings. The van der Waals surface area contributed by atoms with Gasteiger partial charge in [0, 0.05) is 35.9 Å². The summed E-state index contributed by atoms with van der Waals surface area (Å²) in [5.74, 6) is 0. The molecule has 47 heavy (non-hydrogen) atoms. The van der Waals surface area contributed by atoms with E-state index in [9.17, 15) is 0 Å². The molecule has 2 aromatic heterocycles. The summed E-state index contributed by atoms with van der Waals surface area (Å²) in [6, 6.07) is 30.7. The van der Waals surface area contributed by atoms with E-state index in [1.54, 1.807) is 12.4 Å². The first-order valence-electron chi connectivity index (χ1n) is 15.8. The zero-order chi connectivity index (χ0) is 32.6. The van der Waals surface area contributed by atoms with E-state index in [1.165, 1.54) is 60.2 Å². The Labute approximate surface area is 277 Å². The van der Waals surface area contributed by atoms with Crippen molar-refractivity contribution in [2.75, 3.05) is 0 Å². The van der Waals surface area contributed by atoms with Gasteiger partial charge in [-0.3, -0.25) is 4.98 Å². The molecule has 1 aliphatic carbocycles. The smallest absolute Gasteiger partial charge is 0.115 e. The minimum atomic E-state index is 1.02. The maximum absolute atomic E-state index is 4.35.